The Morgan fingerprint density at radius 1 is 1.34 bits per heavy atom. The van der Waals surface area contributed by atoms with Crippen LogP contribution < -0.4 is 15.4 Å². The zero-order chi connectivity index (χ0) is 20.5. The highest BCUT2D eigenvalue weighted by Gasteiger charge is 2.30. The van der Waals surface area contributed by atoms with Crippen molar-refractivity contribution in [3.8, 4) is 11.8 Å². The van der Waals surface area contributed by atoms with Crippen molar-refractivity contribution in [3.63, 3.8) is 0 Å². The number of carboxylic acid groups (broad SMARTS) is 1. The zero-order valence-corrected chi connectivity index (χ0v) is 15.2. The standard InChI is InChI=1S/C18H15N7O4/c1-29-15-14-10(5-19)6-22-25(14)8-21-16(15)23-12-4-13(20-7-11(12)18(27)28)24-17(26)9-2-3-9/h4,6-9H,2-3H2,1H3,(H,27,28)(H2,20,23,24,26). The monoisotopic (exact) mass is 393 g/mol. The van der Waals surface area contributed by atoms with Gasteiger partial charge in [-0.1, -0.05) is 0 Å². The van der Waals surface area contributed by atoms with Crippen LogP contribution in [0.3, 0.4) is 0 Å². The molecule has 0 bridgehead atoms. The topological polar surface area (TPSA) is 155 Å². The number of nitrogens with zero attached hydrogens (tertiary/aromatic N) is 5. The van der Waals surface area contributed by atoms with Crippen LogP contribution in [0.15, 0.2) is 24.8 Å². The summed E-state index contributed by atoms with van der Waals surface area (Å²) in [4.78, 5) is 31.8. The minimum Gasteiger partial charge on any atom is -0.491 e. The summed E-state index contributed by atoms with van der Waals surface area (Å²) in [6.07, 6.45) is 5.57. The number of hydrogen-bond donors (Lipinski definition) is 3. The number of hydrogen-bond acceptors (Lipinski definition) is 8. The average Bonchev–Trinajstić information content (AvgIpc) is 3.48. The van der Waals surface area contributed by atoms with Gasteiger partial charge in [0.05, 0.1) is 19.0 Å². The molecule has 4 rings (SSSR count). The van der Waals surface area contributed by atoms with E-state index in [1.54, 1.807) is 0 Å². The number of carboxylic acids is 1. The summed E-state index contributed by atoms with van der Waals surface area (Å²) < 4.78 is 6.78. The third-order valence-electron chi connectivity index (χ3n) is 4.43. The molecule has 1 fully saturated rings. The van der Waals surface area contributed by atoms with Gasteiger partial charge in [-0.3, -0.25) is 4.79 Å². The minimum atomic E-state index is -1.21. The van der Waals surface area contributed by atoms with Gasteiger partial charge in [-0.25, -0.2) is 19.3 Å². The van der Waals surface area contributed by atoms with E-state index in [0.717, 1.165) is 19.0 Å². The molecule has 1 saturated carbocycles. The normalized spacial score (nSPS) is 13.0. The van der Waals surface area contributed by atoms with Crippen LogP contribution >= 0.6 is 0 Å². The van der Waals surface area contributed by atoms with Crippen molar-refractivity contribution in [1.82, 2.24) is 19.6 Å². The molecule has 3 N–H and O–H groups in total. The summed E-state index contributed by atoms with van der Waals surface area (Å²) in [5.74, 6) is -0.758. The lowest BCUT2D eigenvalue weighted by molar-refractivity contribution is -0.117. The number of pyridine rings is 1. The second kappa shape index (κ2) is 7.08. The molecular weight excluding hydrogens is 378 g/mol. The van der Waals surface area contributed by atoms with Crippen LogP contribution in [-0.4, -0.2) is 43.7 Å². The van der Waals surface area contributed by atoms with E-state index in [1.165, 1.54) is 30.2 Å². The lowest BCUT2D eigenvalue weighted by Crippen LogP contribution is -2.15. The van der Waals surface area contributed by atoms with Gasteiger partial charge in [0.1, 0.15) is 34.9 Å². The zero-order valence-electron chi connectivity index (χ0n) is 15.2. The summed E-state index contributed by atoms with van der Waals surface area (Å²) in [6, 6.07) is 3.44. The van der Waals surface area contributed by atoms with Crippen LogP contribution in [0.5, 0.6) is 5.75 Å². The molecule has 29 heavy (non-hydrogen) atoms. The highest BCUT2D eigenvalue weighted by atomic mass is 16.5. The first-order valence-electron chi connectivity index (χ1n) is 8.63. The molecule has 11 heteroatoms. The third kappa shape index (κ3) is 3.39. The SMILES string of the molecule is COc1c(Nc2cc(NC(=O)C3CC3)ncc2C(=O)O)ncn2ncc(C#N)c12. The van der Waals surface area contributed by atoms with Gasteiger partial charge in [-0.2, -0.15) is 10.4 Å². The molecule has 3 aromatic rings. The highest BCUT2D eigenvalue weighted by molar-refractivity contribution is 5.98. The number of methoxy groups -OCH3 is 1. The molecule has 11 nitrogen and oxygen atoms in total. The minimum absolute atomic E-state index is 0.0252. The van der Waals surface area contributed by atoms with E-state index in [1.807, 2.05) is 6.07 Å². The Balaban J connectivity index is 1.75. The summed E-state index contributed by atoms with van der Waals surface area (Å²) in [6.45, 7) is 0. The maximum atomic E-state index is 12.0. The number of amides is 1. The third-order valence-corrected chi connectivity index (χ3v) is 4.43. The maximum absolute atomic E-state index is 12.0. The summed E-state index contributed by atoms with van der Waals surface area (Å²) in [5, 5.41) is 28.4. The van der Waals surface area contributed by atoms with Crippen molar-refractivity contribution in [2.45, 2.75) is 12.8 Å². The molecular formula is C18H15N7O4. The largest absolute Gasteiger partial charge is 0.491 e. The van der Waals surface area contributed by atoms with Crippen LogP contribution in [0.25, 0.3) is 5.52 Å². The van der Waals surface area contributed by atoms with E-state index in [4.69, 9.17) is 4.74 Å². The maximum Gasteiger partial charge on any atom is 0.339 e. The van der Waals surface area contributed by atoms with Gasteiger partial charge >= 0.3 is 5.97 Å². The number of rotatable bonds is 6. The van der Waals surface area contributed by atoms with Crippen molar-refractivity contribution >= 4 is 34.7 Å². The van der Waals surface area contributed by atoms with Gasteiger partial charge < -0.3 is 20.5 Å². The second-order valence-electron chi connectivity index (χ2n) is 6.40. The van der Waals surface area contributed by atoms with Crippen molar-refractivity contribution in [3.05, 3.63) is 35.9 Å². The van der Waals surface area contributed by atoms with Crippen molar-refractivity contribution in [2.75, 3.05) is 17.7 Å². The Morgan fingerprint density at radius 2 is 2.14 bits per heavy atom. The van der Waals surface area contributed by atoms with Gasteiger partial charge in [0.15, 0.2) is 11.6 Å². The predicted molar refractivity (Wildman–Crippen MR) is 100 cm³/mol. The Labute approximate surface area is 164 Å². The Morgan fingerprint density at radius 3 is 2.79 bits per heavy atom. The molecule has 0 aliphatic heterocycles. The first kappa shape index (κ1) is 18.2. The quantitative estimate of drug-likeness (QED) is 0.568. The summed E-state index contributed by atoms with van der Waals surface area (Å²) in [5.41, 5.74) is 0.706. The number of nitrogens with one attached hydrogen (secondary N) is 2. The average molecular weight is 393 g/mol. The lowest BCUT2D eigenvalue weighted by atomic mass is 10.2. The molecule has 3 aromatic heterocycles. The number of carbonyl (C=O) groups is 2. The number of aromatic carboxylic acids is 1. The van der Waals surface area contributed by atoms with Crippen LogP contribution in [0.1, 0.15) is 28.8 Å². The second-order valence-corrected chi connectivity index (χ2v) is 6.40. The molecule has 1 aliphatic rings. The fraction of sp³-hybridized carbons (Fsp3) is 0.222. The van der Waals surface area contributed by atoms with Gasteiger partial charge in [-0.15, -0.1) is 0 Å². The van der Waals surface area contributed by atoms with Gasteiger partial charge in [0.25, 0.3) is 0 Å². The molecule has 1 aliphatic carbocycles. The van der Waals surface area contributed by atoms with Crippen molar-refractivity contribution in [2.24, 2.45) is 5.92 Å². The summed E-state index contributed by atoms with van der Waals surface area (Å²) >= 11 is 0. The fourth-order valence-corrected chi connectivity index (χ4v) is 2.82. The molecule has 0 atom stereocenters. The molecule has 146 valence electrons. The number of aromatic nitrogens is 4. The fourth-order valence-electron chi connectivity index (χ4n) is 2.82. The molecule has 3 heterocycles. The van der Waals surface area contributed by atoms with Gasteiger partial charge in [0.2, 0.25) is 5.91 Å². The predicted octanol–water partition coefficient (Wildman–Crippen LogP) is 1.79. The van der Waals surface area contributed by atoms with Crippen LogP contribution in [0, 0.1) is 17.2 Å². The molecule has 0 saturated heterocycles. The number of carbonyl (C=O) groups excluding carboxylic acids is 1. The molecule has 0 radical (unpaired) electrons. The van der Waals surface area contributed by atoms with Gasteiger partial charge in [0, 0.05) is 18.2 Å². The Hall–Kier alpha value is -4.20. The molecule has 1 amide bonds. The van der Waals surface area contributed by atoms with Gasteiger partial charge in [-0.05, 0) is 12.8 Å². The number of ether oxygens (including phenoxy) is 1. The van der Waals surface area contributed by atoms with E-state index in [-0.39, 0.29) is 46.0 Å². The first-order valence-corrected chi connectivity index (χ1v) is 8.63. The molecule has 0 unspecified atom stereocenters. The van der Waals surface area contributed by atoms with E-state index < -0.39 is 5.97 Å². The number of anilines is 3. The smallest absolute Gasteiger partial charge is 0.339 e. The van der Waals surface area contributed by atoms with E-state index in [2.05, 4.69) is 25.7 Å². The molecule has 0 spiro atoms. The van der Waals surface area contributed by atoms with Crippen LogP contribution in [0.2, 0.25) is 0 Å². The molecule has 0 aromatic carbocycles. The summed E-state index contributed by atoms with van der Waals surface area (Å²) in [7, 11) is 1.41. The van der Waals surface area contributed by atoms with E-state index in [9.17, 15) is 20.0 Å². The highest BCUT2D eigenvalue weighted by Crippen LogP contribution is 2.34. The first-order chi connectivity index (χ1) is 14.0. The van der Waals surface area contributed by atoms with Crippen LogP contribution in [-0.2, 0) is 4.79 Å². The Bertz CT molecular complexity index is 1180. The van der Waals surface area contributed by atoms with Crippen molar-refractivity contribution < 1.29 is 19.4 Å². The lowest BCUT2D eigenvalue weighted by Gasteiger charge is -2.14. The number of nitriles is 1. The van der Waals surface area contributed by atoms with Crippen molar-refractivity contribution in [1.29, 1.82) is 5.26 Å². The van der Waals surface area contributed by atoms with E-state index >= 15 is 0 Å². The van der Waals surface area contributed by atoms with E-state index in [0.29, 0.717) is 5.52 Å². The Kier molecular flexibility index (Phi) is 4.44. The van der Waals surface area contributed by atoms with Crippen LogP contribution in [0.4, 0.5) is 17.3 Å². The number of fused-ring (bicyclic) bond motifs is 1.